The zero-order valence-electron chi connectivity index (χ0n) is 18.5. The fraction of sp³-hybridized carbons (Fsp3) is 0.280. The second kappa shape index (κ2) is 10.1. The summed E-state index contributed by atoms with van der Waals surface area (Å²) >= 11 is 0. The lowest BCUT2D eigenvalue weighted by Gasteiger charge is -2.35. The van der Waals surface area contributed by atoms with Crippen molar-refractivity contribution in [1.29, 1.82) is 0 Å². The molecule has 1 aliphatic rings. The Morgan fingerprint density at radius 3 is 2.29 bits per heavy atom. The lowest BCUT2D eigenvalue weighted by atomic mass is 10.0. The molecule has 2 aromatic carbocycles. The van der Waals surface area contributed by atoms with Crippen molar-refractivity contribution in [3.63, 3.8) is 0 Å². The Hall–Kier alpha value is -3.59. The number of carbonyl (C=O) groups is 1. The number of alkyl halides is 3. The van der Waals surface area contributed by atoms with Crippen LogP contribution in [0.15, 0.2) is 66.9 Å². The van der Waals surface area contributed by atoms with Crippen LogP contribution in [0.3, 0.4) is 0 Å². The van der Waals surface area contributed by atoms with Crippen LogP contribution in [0.2, 0.25) is 0 Å². The standard InChI is InChI=1S/C25H25F3N4O2/c26-25(27,28)34-21-8-6-19(7-9-21)24(33)32-14-12-31(13-15-32)17-22-20(10-11-30-23(22)29)16-18-4-2-1-3-5-18/h1-11H,12-17H2,(H2,29,30). The number of aromatic nitrogens is 1. The predicted octanol–water partition coefficient (Wildman–Crippen LogP) is 4.11. The highest BCUT2D eigenvalue weighted by atomic mass is 19.4. The molecule has 0 aliphatic carbocycles. The molecule has 0 bridgehead atoms. The van der Waals surface area contributed by atoms with Crippen molar-refractivity contribution in [3.8, 4) is 5.75 Å². The molecule has 3 aromatic rings. The average molecular weight is 470 g/mol. The molecule has 0 unspecified atom stereocenters. The molecule has 1 amide bonds. The van der Waals surface area contributed by atoms with Crippen molar-refractivity contribution in [2.75, 3.05) is 31.9 Å². The van der Waals surface area contributed by atoms with Crippen LogP contribution in [0.25, 0.3) is 0 Å². The van der Waals surface area contributed by atoms with E-state index >= 15 is 0 Å². The molecule has 178 valence electrons. The van der Waals surface area contributed by atoms with E-state index in [0.29, 0.717) is 44.1 Å². The van der Waals surface area contributed by atoms with Gasteiger partial charge >= 0.3 is 6.36 Å². The molecule has 34 heavy (non-hydrogen) atoms. The largest absolute Gasteiger partial charge is 0.573 e. The van der Waals surface area contributed by atoms with E-state index in [1.165, 1.54) is 17.7 Å². The van der Waals surface area contributed by atoms with Crippen molar-refractivity contribution in [2.45, 2.75) is 19.3 Å². The third-order valence-corrected chi connectivity index (χ3v) is 5.80. The number of nitrogen functional groups attached to an aromatic ring is 1. The van der Waals surface area contributed by atoms with Crippen LogP contribution in [0, 0.1) is 0 Å². The SMILES string of the molecule is Nc1nccc(Cc2ccccc2)c1CN1CCN(C(=O)c2ccc(OC(F)(F)F)cc2)CC1. The average Bonchev–Trinajstić information content (AvgIpc) is 2.81. The maximum Gasteiger partial charge on any atom is 0.573 e. The van der Waals surface area contributed by atoms with Crippen LogP contribution in [0.1, 0.15) is 27.0 Å². The summed E-state index contributed by atoms with van der Waals surface area (Å²) in [4.78, 5) is 21.0. The van der Waals surface area contributed by atoms with Gasteiger partial charge in [0.2, 0.25) is 0 Å². The zero-order valence-corrected chi connectivity index (χ0v) is 18.5. The van der Waals surface area contributed by atoms with Crippen LogP contribution in [-0.2, 0) is 13.0 Å². The lowest BCUT2D eigenvalue weighted by molar-refractivity contribution is -0.274. The molecule has 9 heteroatoms. The molecule has 1 saturated heterocycles. The van der Waals surface area contributed by atoms with Gasteiger partial charge in [-0.2, -0.15) is 0 Å². The number of anilines is 1. The maximum absolute atomic E-state index is 12.8. The maximum atomic E-state index is 12.8. The van der Waals surface area contributed by atoms with Crippen LogP contribution in [0.4, 0.5) is 19.0 Å². The van der Waals surface area contributed by atoms with E-state index in [9.17, 15) is 18.0 Å². The normalized spacial score (nSPS) is 14.7. The molecule has 2 heterocycles. The summed E-state index contributed by atoms with van der Waals surface area (Å²) in [5.74, 6) is -0.0637. The van der Waals surface area contributed by atoms with E-state index in [0.717, 1.165) is 29.7 Å². The quantitative estimate of drug-likeness (QED) is 0.587. The van der Waals surface area contributed by atoms with Crippen molar-refractivity contribution in [1.82, 2.24) is 14.8 Å². The number of hydrogen-bond donors (Lipinski definition) is 1. The molecule has 4 rings (SSSR count). The third-order valence-electron chi connectivity index (χ3n) is 5.80. The van der Waals surface area contributed by atoms with Gasteiger partial charge in [-0.05, 0) is 47.9 Å². The number of nitrogens with two attached hydrogens (primary N) is 1. The lowest BCUT2D eigenvalue weighted by Crippen LogP contribution is -2.48. The number of carbonyl (C=O) groups excluding carboxylic acids is 1. The molecule has 0 saturated carbocycles. The van der Waals surface area contributed by atoms with Crippen molar-refractivity contribution in [3.05, 3.63) is 89.1 Å². The number of rotatable bonds is 6. The monoisotopic (exact) mass is 470 g/mol. The smallest absolute Gasteiger partial charge is 0.406 e. The Morgan fingerprint density at radius 1 is 0.971 bits per heavy atom. The topological polar surface area (TPSA) is 71.7 Å². The first-order chi connectivity index (χ1) is 16.3. The summed E-state index contributed by atoms with van der Waals surface area (Å²) in [5.41, 5.74) is 9.84. The van der Waals surface area contributed by atoms with Gasteiger partial charge in [0, 0.05) is 50.0 Å². The van der Waals surface area contributed by atoms with Gasteiger partial charge in [-0.15, -0.1) is 13.2 Å². The van der Waals surface area contributed by atoms with E-state index in [4.69, 9.17) is 5.73 Å². The number of ether oxygens (including phenoxy) is 1. The number of amides is 1. The molecule has 1 aromatic heterocycles. The minimum atomic E-state index is -4.76. The highest BCUT2D eigenvalue weighted by Crippen LogP contribution is 2.24. The zero-order chi connectivity index (χ0) is 24.1. The fourth-order valence-electron chi connectivity index (χ4n) is 4.03. The Balaban J connectivity index is 1.36. The molecule has 1 fully saturated rings. The van der Waals surface area contributed by atoms with Crippen LogP contribution < -0.4 is 10.5 Å². The minimum absolute atomic E-state index is 0.219. The molecule has 6 nitrogen and oxygen atoms in total. The Bertz CT molecular complexity index is 1110. The predicted molar refractivity (Wildman–Crippen MR) is 122 cm³/mol. The van der Waals surface area contributed by atoms with Gasteiger partial charge in [0.1, 0.15) is 11.6 Å². The second-order valence-electron chi connectivity index (χ2n) is 8.14. The van der Waals surface area contributed by atoms with Gasteiger partial charge in [0.05, 0.1) is 0 Å². The highest BCUT2D eigenvalue weighted by molar-refractivity contribution is 5.94. The van der Waals surface area contributed by atoms with Crippen LogP contribution in [0.5, 0.6) is 5.75 Å². The third kappa shape index (κ3) is 6.05. The van der Waals surface area contributed by atoms with Gasteiger partial charge in [-0.3, -0.25) is 9.69 Å². The molecule has 0 atom stereocenters. The number of piperazine rings is 1. The molecule has 0 spiro atoms. The number of nitrogens with zero attached hydrogens (tertiary/aromatic N) is 3. The molecule has 1 aliphatic heterocycles. The number of halogens is 3. The van der Waals surface area contributed by atoms with Gasteiger partial charge < -0.3 is 15.4 Å². The molecule has 0 radical (unpaired) electrons. The summed E-state index contributed by atoms with van der Waals surface area (Å²) < 4.78 is 40.9. The van der Waals surface area contributed by atoms with Crippen LogP contribution in [-0.4, -0.2) is 53.2 Å². The summed E-state index contributed by atoms with van der Waals surface area (Å²) in [5, 5.41) is 0. The summed E-state index contributed by atoms with van der Waals surface area (Å²) in [6.45, 7) is 2.95. The first-order valence-corrected chi connectivity index (χ1v) is 10.9. The van der Waals surface area contributed by atoms with Crippen molar-refractivity contribution < 1.29 is 22.7 Å². The Morgan fingerprint density at radius 2 is 1.65 bits per heavy atom. The van der Waals surface area contributed by atoms with E-state index in [2.05, 4.69) is 26.8 Å². The summed E-state index contributed by atoms with van der Waals surface area (Å²) in [7, 11) is 0. The Kier molecular flexibility index (Phi) is 7.02. The molecular weight excluding hydrogens is 445 g/mol. The first-order valence-electron chi connectivity index (χ1n) is 10.9. The first kappa shape index (κ1) is 23.6. The van der Waals surface area contributed by atoms with E-state index in [1.807, 2.05) is 24.3 Å². The van der Waals surface area contributed by atoms with Crippen LogP contribution >= 0.6 is 0 Å². The highest BCUT2D eigenvalue weighted by Gasteiger charge is 2.31. The number of pyridine rings is 1. The van der Waals surface area contributed by atoms with Gasteiger partial charge in [-0.1, -0.05) is 30.3 Å². The van der Waals surface area contributed by atoms with Gasteiger partial charge in [0.25, 0.3) is 5.91 Å². The van der Waals surface area contributed by atoms with E-state index < -0.39 is 6.36 Å². The summed E-state index contributed by atoms with van der Waals surface area (Å²) in [6.07, 6.45) is -2.28. The van der Waals surface area contributed by atoms with Crippen molar-refractivity contribution >= 4 is 11.7 Å². The molecule has 2 N–H and O–H groups in total. The summed E-state index contributed by atoms with van der Waals surface area (Å²) in [6, 6.07) is 17.1. The minimum Gasteiger partial charge on any atom is -0.406 e. The number of hydrogen-bond acceptors (Lipinski definition) is 5. The fourth-order valence-corrected chi connectivity index (χ4v) is 4.03. The van der Waals surface area contributed by atoms with E-state index in [1.54, 1.807) is 11.1 Å². The van der Waals surface area contributed by atoms with Gasteiger partial charge in [-0.25, -0.2) is 4.98 Å². The van der Waals surface area contributed by atoms with Gasteiger partial charge in [0.15, 0.2) is 0 Å². The van der Waals surface area contributed by atoms with Crippen molar-refractivity contribution in [2.24, 2.45) is 0 Å². The second-order valence-corrected chi connectivity index (χ2v) is 8.14. The number of benzene rings is 2. The molecular formula is C25H25F3N4O2. The van der Waals surface area contributed by atoms with E-state index in [-0.39, 0.29) is 11.7 Å². The Labute approximate surface area is 195 Å².